The topological polar surface area (TPSA) is 30.5 Å². The summed E-state index contributed by atoms with van der Waals surface area (Å²) in [5.41, 5.74) is 1.93. The fourth-order valence-corrected chi connectivity index (χ4v) is 2.87. The molecule has 0 amide bonds. The SMILES string of the molecule is CN1c2ccc(F)cc2NC1(C)N1CCNCC1. The number of nitrogens with one attached hydrogen (secondary N) is 2. The van der Waals surface area contributed by atoms with Crippen LogP contribution in [0.3, 0.4) is 0 Å². The zero-order valence-electron chi connectivity index (χ0n) is 10.8. The van der Waals surface area contributed by atoms with Crippen molar-refractivity contribution in [2.24, 2.45) is 0 Å². The normalized spacial score (nSPS) is 28.1. The molecular formula is C13H19FN4. The number of fused-ring (bicyclic) bond motifs is 1. The highest BCUT2D eigenvalue weighted by atomic mass is 19.1. The largest absolute Gasteiger partial charge is 0.349 e. The maximum absolute atomic E-state index is 13.3. The van der Waals surface area contributed by atoms with Crippen LogP contribution < -0.4 is 15.5 Å². The van der Waals surface area contributed by atoms with Gasteiger partial charge in [-0.3, -0.25) is 4.90 Å². The molecule has 3 rings (SSSR count). The van der Waals surface area contributed by atoms with Crippen molar-refractivity contribution in [3.05, 3.63) is 24.0 Å². The van der Waals surface area contributed by atoms with Gasteiger partial charge in [0.25, 0.3) is 0 Å². The number of rotatable bonds is 1. The quantitative estimate of drug-likeness (QED) is 0.786. The van der Waals surface area contributed by atoms with Crippen LogP contribution in [-0.4, -0.2) is 43.9 Å². The molecule has 2 heterocycles. The van der Waals surface area contributed by atoms with Gasteiger partial charge in [-0.15, -0.1) is 0 Å². The number of hydrogen-bond donors (Lipinski definition) is 2. The first-order chi connectivity index (χ1) is 8.61. The summed E-state index contributed by atoms with van der Waals surface area (Å²) in [5.74, 6) is -0.461. The van der Waals surface area contributed by atoms with Crippen molar-refractivity contribution in [2.45, 2.75) is 12.7 Å². The second-order valence-corrected chi connectivity index (χ2v) is 5.10. The van der Waals surface area contributed by atoms with E-state index in [4.69, 9.17) is 0 Å². The van der Waals surface area contributed by atoms with E-state index in [9.17, 15) is 4.39 Å². The van der Waals surface area contributed by atoms with E-state index in [-0.39, 0.29) is 11.6 Å². The van der Waals surface area contributed by atoms with Crippen molar-refractivity contribution in [3.8, 4) is 0 Å². The predicted molar refractivity (Wildman–Crippen MR) is 71.3 cm³/mol. The van der Waals surface area contributed by atoms with Crippen LogP contribution in [0.2, 0.25) is 0 Å². The first-order valence-electron chi connectivity index (χ1n) is 6.38. The average Bonchev–Trinajstić information content (AvgIpc) is 2.63. The van der Waals surface area contributed by atoms with E-state index in [2.05, 4.69) is 34.4 Å². The van der Waals surface area contributed by atoms with Crippen LogP contribution >= 0.6 is 0 Å². The first kappa shape index (κ1) is 11.7. The fraction of sp³-hybridized carbons (Fsp3) is 0.538. The van der Waals surface area contributed by atoms with Gasteiger partial charge in [0.2, 0.25) is 0 Å². The zero-order chi connectivity index (χ0) is 12.8. The van der Waals surface area contributed by atoms with Crippen molar-refractivity contribution in [1.82, 2.24) is 10.2 Å². The van der Waals surface area contributed by atoms with Crippen molar-refractivity contribution in [2.75, 3.05) is 43.4 Å². The molecule has 4 nitrogen and oxygen atoms in total. The van der Waals surface area contributed by atoms with Gasteiger partial charge in [-0.05, 0) is 25.1 Å². The highest BCUT2D eigenvalue weighted by molar-refractivity contribution is 5.77. The number of piperazine rings is 1. The molecule has 98 valence electrons. The molecule has 1 fully saturated rings. The van der Waals surface area contributed by atoms with Gasteiger partial charge in [-0.2, -0.15) is 0 Å². The van der Waals surface area contributed by atoms with Crippen LogP contribution in [0.25, 0.3) is 0 Å². The molecule has 1 aromatic carbocycles. The Morgan fingerprint density at radius 3 is 2.72 bits per heavy atom. The molecule has 0 spiro atoms. The minimum atomic E-state index is -0.266. The van der Waals surface area contributed by atoms with Crippen LogP contribution in [0.1, 0.15) is 6.92 Å². The highest BCUT2D eigenvalue weighted by Gasteiger charge is 2.42. The molecule has 1 saturated heterocycles. The Morgan fingerprint density at radius 2 is 2.00 bits per heavy atom. The van der Waals surface area contributed by atoms with Gasteiger partial charge in [0.1, 0.15) is 5.82 Å². The number of anilines is 2. The third kappa shape index (κ3) is 1.66. The fourth-order valence-electron chi connectivity index (χ4n) is 2.87. The molecule has 5 heteroatoms. The number of halogens is 1. The molecule has 0 aromatic heterocycles. The third-order valence-electron chi connectivity index (χ3n) is 4.08. The summed E-state index contributed by atoms with van der Waals surface area (Å²) in [6.45, 7) is 6.12. The maximum atomic E-state index is 13.3. The second kappa shape index (κ2) is 4.10. The van der Waals surface area contributed by atoms with Gasteiger partial charge < -0.3 is 15.5 Å². The van der Waals surface area contributed by atoms with Gasteiger partial charge in [0.15, 0.2) is 5.79 Å². The van der Waals surface area contributed by atoms with Gasteiger partial charge >= 0.3 is 0 Å². The van der Waals surface area contributed by atoms with Crippen LogP contribution in [0.4, 0.5) is 15.8 Å². The van der Waals surface area contributed by atoms with Gasteiger partial charge in [0.05, 0.1) is 11.4 Å². The Balaban J connectivity index is 1.92. The van der Waals surface area contributed by atoms with E-state index in [1.54, 1.807) is 6.07 Å². The lowest BCUT2D eigenvalue weighted by Crippen LogP contribution is -2.64. The minimum absolute atomic E-state index is 0.195. The summed E-state index contributed by atoms with van der Waals surface area (Å²) in [5, 5.41) is 6.81. The van der Waals surface area contributed by atoms with E-state index in [1.165, 1.54) is 6.07 Å². The van der Waals surface area contributed by atoms with Crippen molar-refractivity contribution in [3.63, 3.8) is 0 Å². The van der Waals surface area contributed by atoms with Crippen LogP contribution in [0, 0.1) is 5.82 Å². The molecular weight excluding hydrogens is 231 g/mol. The molecule has 1 atom stereocenters. The molecule has 2 N–H and O–H groups in total. The van der Waals surface area contributed by atoms with Crippen molar-refractivity contribution >= 4 is 11.4 Å². The van der Waals surface area contributed by atoms with E-state index in [0.717, 1.165) is 37.6 Å². The van der Waals surface area contributed by atoms with Crippen molar-refractivity contribution in [1.29, 1.82) is 0 Å². The molecule has 2 aliphatic heterocycles. The molecule has 1 aromatic rings. The standard InChI is InChI=1S/C13H19FN4/c1-13(18-7-5-15-6-8-18)16-11-9-10(14)3-4-12(11)17(13)2/h3-4,9,15-16H,5-8H2,1-2H3. The lowest BCUT2D eigenvalue weighted by Gasteiger charge is -2.45. The zero-order valence-corrected chi connectivity index (χ0v) is 10.8. The first-order valence-corrected chi connectivity index (χ1v) is 6.38. The van der Waals surface area contributed by atoms with Crippen LogP contribution in [0.5, 0.6) is 0 Å². The third-order valence-corrected chi connectivity index (χ3v) is 4.08. The van der Waals surface area contributed by atoms with Crippen LogP contribution in [0.15, 0.2) is 18.2 Å². The Labute approximate surface area is 107 Å². The Morgan fingerprint density at radius 1 is 1.28 bits per heavy atom. The highest BCUT2D eigenvalue weighted by Crippen LogP contribution is 2.40. The lowest BCUT2D eigenvalue weighted by molar-refractivity contribution is 0.116. The van der Waals surface area contributed by atoms with Crippen molar-refractivity contribution < 1.29 is 4.39 Å². The Kier molecular flexibility index (Phi) is 2.68. The summed E-state index contributed by atoms with van der Waals surface area (Å²) < 4.78 is 13.3. The summed E-state index contributed by atoms with van der Waals surface area (Å²) >= 11 is 0. The average molecular weight is 250 g/mol. The maximum Gasteiger partial charge on any atom is 0.166 e. The summed E-state index contributed by atoms with van der Waals surface area (Å²) in [6, 6.07) is 4.92. The molecule has 18 heavy (non-hydrogen) atoms. The summed E-state index contributed by atoms with van der Waals surface area (Å²) in [6.07, 6.45) is 0. The lowest BCUT2D eigenvalue weighted by atomic mass is 10.2. The van der Waals surface area contributed by atoms with E-state index >= 15 is 0 Å². The molecule has 0 bridgehead atoms. The monoisotopic (exact) mass is 250 g/mol. The molecule has 1 unspecified atom stereocenters. The Hall–Kier alpha value is -1.33. The van der Waals surface area contributed by atoms with Gasteiger partial charge in [-0.1, -0.05) is 0 Å². The summed E-state index contributed by atoms with van der Waals surface area (Å²) in [7, 11) is 2.05. The van der Waals surface area contributed by atoms with E-state index in [1.807, 2.05) is 6.07 Å². The van der Waals surface area contributed by atoms with E-state index in [0.29, 0.717) is 0 Å². The molecule has 2 aliphatic rings. The van der Waals surface area contributed by atoms with Crippen LogP contribution in [-0.2, 0) is 0 Å². The molecule has 0 radical (unpaired) electrons. The summed E-state index contributed by atoms with van der Waals surface area (Å²) in [4.78, 5) is 4.58. The smallest absolute Gasteiger partial charge is 0.166 e. The Bertz CT molecular complexity index is 458. The van der Waals surface area contributed by atoms with Gasteiger partial charge in [0, 0.05) is 33.2 Å². The van der Waals surface area contributed by atoms with E-state index < -0.39 is 0 Å². The number of benzene rings is 1. The number of hydrogen-bond acceptors (Lipinski definition) is 4. The number of nitrogens with zero attached hydrogens (tertiary/aromatic N) is 2. The second-order valence-electron chi connectivity index (χ2n) is 5.10. The minimum Gasteiger partial charge on any atom is -0.349 e. The predicted octanol–water partition coefficient (Wildman–Crippen LogP) is 1.27. The van der Waals surface area contributed by atoms with Gasteiger partial charge in [-0.25, -0.2) is 4.39 Å². The molecule has 0 aliphatic carbocycles. The molecule has 0 saturated carbocycles.